The van der Waals surface area contributed by atoms with Gasteiger partial charge in [-0.1, -0.05) is 18.2 Å². The summed E-state index contributed by atoms with van der Waals surface area (Å²) >= 11 is 0. The summed E-state index contributed by atoms with van der Waals surface area (Å²) in [6.45, 7) is 6.61. The first-order valence-electron chi connectivity index (χ1n) is 8.42. The summed E-state index contributed by atoms with van der Waals surface area (Å²) < 4.78 is 16.4. The van der Waals surface area contributed by atoms with Crippen molar-refractivity contribution in [3.8, 4) is 17.2 Å². The molecule has 1 N–H and O–H groups in total. The molecule has 1 aliphatic rings. The van der Waals surface area contributed by atoms with Gasteiger partial charge >= 0.3 is 0 Å². The molecule has 2 aromatic carbocycles. The van der Waals surface area contributed by atoms with Crippen molar-refractivity contribution in [1.29, 1.82) is 0 Å². The average Bonchev–Trinajstić information content (AvgIpc) is 3.06. The minimum Gasteiger partial charge on any atom is -0.493 e. The van der Waals surface area contributed by atoms with E-state index in [0.717, 1.165) is 28.4 Å². The highest BCUT2D eigenvalue weighted by Crippen LogP contribution is 2.34. The van der Waals surface area contributed by atoms with Gasteiger partial charge in [-0.05, 0) is 55.7 Å². The van der Waals surface area contributed by atoms with Crippen LogP contribution in [0.4, 0.5) is 0 Å². The van der Waals surface area contributed by atoms with Crippen molar-refractivity contribution in [2.45, 2.75) is 33.2 Å². The van der Waals surface area contributed by atoms with Gasteiger partial charge in [0.15, 0.2) is 11.5 Å². The van der Waals surface area contributed by atoms with Crippen LogP contribution in [-0.2, 0) is 4.79 Å². The maximum atomic E-state index is 12.2. The SMILES string of the molecule is Cc1cccc(OCCC(=O)NC(C)c2ccc3c(c2)OCO3)c1C. The minimum absolute atomic E-state index is 0.0459. The van der Waals surface area contributed by atoms with Crippen LogP contribution >= 0.6 is 0 Å². The third-order valence-corrected chi connectivity index (χ3v) is 4.42. The van der Waals surface area contributed by atoms with E-state index in [9.17, 15) is 4.79 Å². The predicted molar refractivity (Wildman–Crippen MR) is 95.2 cm³/mol. The number of carbonyl (C=O) groups is 1. The fraction of sp³-hybridized carbons (Fsp3) is 0.350. The largest absolute Gasteiger partial charge is 0.493 e. The maximum absolute atomic E-state index is 12.2. The number of nitrogens with one attached hydrogen (secondary N) is 1. The van der Waals surface area contributed by atoms with E-state index in [-0.39, 0.29) is 18.7 Å². The smallest absolute Gasteiger partial charge is 0.231 e. The zero-order valence-corrected chi connectivity index (χ0v) is 14.8. The molecule has 0 bridgehead atoms. The number of hydrogen-bond donors (Lipinski definition) is 1. The predicted octanol–water partition coefficient (Wildman–Crippen LogP) is 3.68. The summed E-state index contributed by atoms with van der Waals surface area (Å²) in [6, 6.07) is 11.5. The molecule has 1 unspecified atom stereocenters. The highest BCUT2D eigenvalue weighted by molar-refractivity contribution is 5.76. The molecule has 1 aliphatic heterocycles. The molecular weight excluding hydrogens is 318 g/mol. The summed E-state index contributed by atoms with van der Waals surface area (Å²) in [6.07, 6.45) is 0.308. The maximum Gasteiger partial charge on any atom is 0.231 e. The van der Waals surface area contributed by atoms with Gasteiger partial charge in [0.25, 0.3) is 0 Å². The van der Waals surface area contributed by atoms with Crippen LogP contribution in [0.2, 0.25) is 0 Å². The van der Waals surface area contributed by atoms with E-state index in [1.807, 2.05) is 57.2 Å². The Labute approximate surface area is 147 Å². The third kappa shape index (κ3) is 4.05. The lowest BCUT2D eigenvalue weighted by Gasteiger charge is -2.15. The third-order valence-electron chi connectivity index (χ3n) is 4.42. The number of aryl methyl sites for hydroxylation is 1. The Morgan fingerprint density at radius 1 is 1.20 bits per heavy atom. The summed E-state index contributed by atoms with van der Waals surface area (Å²) in [5, 5.41) is 2.98. The molecule has 0 radical (unpaired) electrons. The Balaban J connectivity index is 1.49. The van der Waals surface area contributed by atoms with Crippen molar-refractivity contribution in [1.82, 2.24) is 5.32 Å². The van der Waals surface area contributed by atoms with Crippen LogP contribution < -0.4 is 19.5 Å². The number of benzene rings is 2. The van der Waals surface area contributed by atoms with Gasteiger partial charge in [0.05, 0.1) is 19.1 Å². The van der Waals surface area contributed by atoms with Crippen LogP contribution in [0.3, 0.4) is 0 Å². The topological polar surface area (TPSA) is 56.8 Å². The van der Waals surface area contributed by atoms with Crippen LogP contribution in [0.15, 0.2) is 36.4 Å². The van der Waals surface area contributed by atoms with Crippen molar-refractivity contribution in [2.24, 2.45) is 0 Å². The number of rotatable bonds is 6. The number of fused-ring (bicyclic) bond motifs is 1. The molecule has 0 saturated carbocycles. The lowest BCUT2D eigenvalue weighted by Crippen LogP contribution is -2.27. The number of carbonyl (C=O) groups excluding carboxylic acids is 1. The molecule has 1 heterocycles. The summed E-state index contributed by atoms with van der Waals surface area (Å²) in [5.74, 6) is 2.24. The van der Waals surface area contributed by atoms with Crippen molar-refractivity contribution in [2.75, 3.05) is 13.4 Å². The quantitative estimate of drug-likeness (QED) is 0.871. The van der Waals surface area contributed by atoms with Gasteiger partial charge in [-0.25, -0.2) is 0 Å². The van der Waals surface area contributed by atoms with Gasteiger partial charge in [-0.2, -0.15) is 0 Å². The first-order valence-corrected chi connectivity index (χ1v) is 8.42. The van der Waals surface area contributed by atoms with E-state index in [1.165, 1.54) is 5.56 Å². The average molecular weight is 341 g/mol. The van der Waals surface area contributed by atoms with E-state index in [0.29, 0.717) is 13.0 Å². The molecule has 1 amide bonds. The molecule has 132 valence electrons. The first-order chi connectivity index (χ1) is 12.0. The highest BCUT2D eigenvalue weighted by Gasteiger charge is 2.16. The Kier molecular flexibility index (Phi) is 5.12. The lowest BCUT2D eigenvalue weighted by molar-refractivity contribution is -0.122. The van der Waals surface area contributed by atoms with E-state index >= 15 is 0 Å². The molecule has 0 spiro atoms. The molecule has 1 atom stereocenters. The monoisotopic (exact) mass is 341 g/mol. The molecule has 0 aromatic heterocycles. The van der Waals surface area contributed by atoms with Gasteiger partial charge in [-0.3, -0.25) is 4.79 Å². The Hall–Kier alpha value is -2.69. The van der Waals surface area contributed by atoms with Crippen molar-refractivity contribution < 1.29 is 19.0 Å². The van der Waals surface area contributed by atoms with Crippen LogP contribution in [0.5, 0.6) is 17.2 Å². The highest BCUT2D eigenvalue weighted by atomic mass is 16.7. The summed E-state index contributed by atoms with van der Waals surface area (Å²) in [5.41, 5.74) is 3.27. The van der Waals surface area contributed by atoms with Gasteiger partial charge < -0.3 is 19.5 Å². The fourth-order valence-electron chi connectivity index (χ4n) is 2.71. The van der Waals surface area contributed by atoms with Crippen molar-refractivity contribution in [3.05, 3.63) is 53.1 Å². The second-order valence-corrected chi connectivity index (χ2v) is 6.20. The Morgan fingerprint density at radius 3 is 2.84 bits per heavy atom. The fourth-order valence-corrected chi connectivity index (χ4v) is 2.71. The minimum atomic E-state index is -0.109. The van der Waals surface area contributed by atoms with Gasteiger partial charge in [0, 0.05) is 0 Å². The van der Waals surface area contributed by atoms with Gasteiger partial charge in [-0.15, -0.1) is 0 Å². The van der Waals surface area contributed by atoms with Gasteiger partial charge in [0.1, 0.15) is 5.75 Å². The second-order valence-electron chi connectivity index (χ2n) is 6.20. The summed E-state index contributed by atoms with van der Waals surface area (Å²) in [7, 11) is 0. The van der Waals surface area contributed by atoms with Crippen LogP contribution in [-0.4, -0.2) is 19.3 Å². The van der Waals surface area contributed by atoms with Crippen LogP contribution in [0.1, 0.15) is 36.1 Å². The molecule has 0 fully saturated rings. The molecule has 0 saturated heterocycles. The molecule has 0 aliphatic carbocycles. The number of hydrogen-bond acceptors (Lipinski definition) is 4. The van der Waals surface area contributed by atoms with E-state index in [4.69, 9.17) is 14.2 Å². The molecular formula is C20H23NO4. The molecule has 25 heavy (non-hydrogen) atoms. The number of ether oxygens (including phenoxy) is 3. The molecule has 3 rings (SSSR count). The lowest BCUT2D eigenvalue weighted by atomic mass is 10.1. The Bertz CT molecular complexity index is 772. The van der Waals surface area contributed by atoms with Crippen LogP contribution in [0.25, 0.3) is 0 Å². The van der Waals surface area contributed by atoms with Gasteiger partial charge in [0.2, 0.25) is 12.7 Å². The van der Waals surface area contributed by atoms with E-state index in [2.05, 4.69) is 5.32 Å². The van der Waals surface area contributed by atoms with E-state index in [1.54, 1.807) is 0 Å². The van der Waals surface area contributed by atoms with Crippen molar-refractivity contribution >= 4 is 5.91 Å². The normalized spacial score (nSPS) is 13.4. The Morgan fingerprint density at radius 2 is 2.00 bits per heavy atom. The molecule has 2 aromatic rings. The molecule has 5 heteroatoms. The zero-order chi connectivity index (χ0) is 17.8. The standard InChI is InChI=1S/C20H23NO4/c1-13-5-4-6-17(14(13)2)23-10-9-20(22)21-15(3)16-7-8-18-19(11-16)25-12-24-18/h4-8,11,15H,9-10,12H2,1-3H3,(H,21,22). The molecule has 5 nitrogen and oxygen atoms in total. The van der Waals surface area contributed by atoms with E-state index < -0.39 is 0 Å². The summed E-state index contributed by atoms with van der Waals surface area (Å²) in [4.78, 5) is 12.2. The van der Waals surface area contributed by atoms with Crippen molar-refractivity contribution in [3.63, 3.8) is 0 Å². The zero-order valence-electron chi connectivity index (χ0n) is 14.8. The van der Waals surface area contributed by atoms with Crippen LogP contribution in [0, 0.1) is 13.8 Å². The number of amides is 1. The first kappa shape index (κ1) is 17.1. The second kappa shape index (κ2) is 7.47.